The highest BCUT2D eigenvalue weighted by Crippen LogP contribution is 2.46. The molecule has 0 N–H and O–H groups in total. The van der Waals surface area contributed by atoms with Gasteiger partial charge in [-0.2, -0.15) is 10.5 Å². The van der Waals surface area contributed by atoms with Crippen molar-refractivity contribution in [2.75, 3.05) is 0 Å². The van der Waals surface area contributed by atoms with Gasteiger partial charge in [0.15, 0.2) is 47.9 Å². The van der Waals surface area contributed by atoms with Gasteiger partial charge in [0.2, 0.25) is 34.2 Å². The van der Waals surface area contributed by atoms with Crippen molar-refractivity contribution >= 4 is 127 Å². The van der Waals surface area contributed by atoms with Gasteiger partial charge in [0.25, 0.3) is 0 Å². The first-order valence-electron chi connectivity index (χ1n) is 41.6. The largest absolute Gasteiger partial charge is 0.466 e. The topological polar surface area (TPSA) is 146 Å². The Morgan fingerprint density at radius 1 is 0.248 bits per heavy atom. The summed E-state index contributed by atoms with van der Waals surface area (Å²) in [6.45, 7) is 53.6. The number of hydrogen-bond donors (Lipinski definition) is 0. The Hall–Kier alpha value is -15.6. The minimum atomic E-state index is 0.557. The van der Waals surface area contributed by atoms with Gasteiger partial charge in [-0.25, -0.2) is 37.4 Å². The average molecular weight is 1640 g/mol. The molecule has 0 saturated heterocycles. The summed E-state index contributed by atoms with van der Waals surface area (Å²) in [4.78, 5) is 10.7. The van der Waals surface area contributed by atoms with Crippen LogP contribution in [0, 0.1) is 146 Å². The SMILES string of the molecule is Cc1cc(-c2c(C)cc(C#N)c3c2oc2ccccc23)[n+](C)cc1C.Cc1cc(-c2c(C)ccc3c2oc2cccc(C#N)c23)[n+](C)cc1C.[C-]#[N+]c1ccc2c(c1)oc1c(-c3cc(C)c(C)c[n+]3C)c(C)ccc12.[C-]#[N+]c1ccc2oc3c(-c4cc(C)c(C)c[n+]4C)c(C)ccc3c2c1.[C-]#[N+]c1cccc2c1oc1c(-c3cc(C)c(C)c[n+]3C)c(C)ccc12. The lowest BCUT2D eigenvalue weighted by molar-refractivity contribution is -0.660. The predicted octanol–water partition coefficient (Wildman–Crippen LogP) is 26.4. The Labute approximate surface area is 727 Å². The fourth-order valence-electron chi connectivity index (χ4n) is 17.5. The van der Waals surface area contributed by atoms with Crippen LogP contribution in [0.5, 0.6) is 0 Å². The van der Waals surface area contributed by atoms with Crippen molar-refractivity contribution in [3.05, 3.63) is 342 Å². The maximum atomic E-state index is 9.64. The number of nitriles is 2. The van der Waals surface area contributed by atoms with E-state index >= 15 is 0 Å². The van der Waals surface area contributed by atoms with Crippen LogP contribution in [0.15, 0.2) is 235 Å². The summed E-state index contributed by atoms with van der Waals surface area (Å²) < 4.78 is 41.9. The van der Waals surface area contributed by atoms with Crippen LogP contribution < -0.4 is 22.8 Å². The molecule has 125 heavy (non-hydrogen) atoms. The molecule has 10 aromatic heterocycles. The molecule has 0 saturated carbocycles. The zero-order valence-electron chi connectivity index (χ0n) is 74.2. The van der Waals surface area contributed by atoms with Gasteiger partial charge in [-0.3, -0.25) is 0 Å². The predicted molar refractivity (Wildman–Crippen MR) is 501 cm³/mol. The normalized spacial score (nSPS) is 11.2. The highest BCUT2D eigenvalue weighted by molar-refractivity contribution is 6.16. The molecule has 0 radical (unpaired) electrons. The summed E-state index contributed by atoms with van der Waals surface area (Å²) in [7, 11) is 10.3. The Bertz CT molecular complexity index is 8030. The maximum absolute atomic E-state index is 9.64. The molecular formula is C110H95N10O5+5. The Balaban J connectivity index is 0.000000115. The van der Waals surface area contributed by atoms with E-state index in [0.717, 1.165) is 177 Å². The van der Waals surface area contributed by atoms with E-state index < -0.39 is 0 Å². The lowest BCUT2D eigenvalue weighted by Gasteiger charge is -2.08. The number of aromatic nitrogens is 5. The van der Waals surface area contributed by atoms with Crippen LogP contribution in [0.2, 0.25) is 0 Å². The van der Waals surface area contributed by atoms with Crippen LogP contribution in [-0.4, -0.2) is 0 Å². The molecule has 0 atom stereocenters. The molecule has 610 valence electrons. The van der Waals surface area contributed by atoms with Crippen molar-refractivity contribution in [1.82, 2.24) is 0 Å². The minimum absolute atomic E-state index is 0.557. The first kappa shape index (κ1) is 83.1. The number of aryl methyl sites for hydroxylation is 20. The molecule has 20 aromatic rings. The third kappa shape index (κ3) is 14.9. The van der Waals surface area contributed by atoms with Crippen molar-refractivity contribution in [3.63, 3.8) is 0 Å². The molecule has 0 amide bonds. The first-order chi connectivity index (χ1) is 60.0. The van der Waals surface area contributed by atoms with Crippen LogP contribution in [0.1, 0.15) is 94.6 Å². The van der Waals surface area contributed by atoms with E-state index in [1.165, 1.54) is 66.8 Å². The number of hydrogen-bond acceptors (Lipinski definition) is 7. The van der Waals surface area contributed by atoms with Crippen molar-refractivity contribution in [3.8, 4) is 68.4 Å². The van der Waals surface area contributed by atoms with Gasteiger partial charge < -0.3 is 22.1 Å². The van der Waals surface area contributed by atoms with E-state index in [9.17, 15) is 10.5 Å². The van der Waals surface area contributed by atoms with Gasteiger partial charge in [0, 0.05) is 112 Å². The van der Waals surface area contributed by atoms with Crippen molar-refractivity contribution in [2.24, 2.45) is 35.2 Å². The van der Waals surface area contributed by atoms with Crippen molar-refractivity contribution < 1.29 is 44.9 Å². The molecule has 0 unspecified atom stereocenters. The molecule has 0 fully saturated rings. The molecule has 0 aliphatic heterocycles. The summed E-state index contributed by atoms with van der Waals surface area (Å²) in [5.41, 5.74) is 40.5. The standard InChI is InChI=1S/5C22H19N2O/c1-13-6-8-18-17-9-7-16(23-4)11-20(17)25-22(18)21(13)19-10-14(2)15(3)12-24(19)5;1-13-6-8-17-18-11-16(23-4)7-9-20(18)25-22(17)21(13)19-10-14(2)15(3)12-24(19)5;1-13-9-10-17-16-7-6-8-18(23-4)21(16)25-22(17)20(13)19-11-14(2)15(3)12-24(19)5;1-13-8-9-17-21-16(11-23)6-5-7-19(21)25-22(17)20(13)18-10-14(2)15(3)12-24(18)4;1-13-10-18(24(4)12-15(13)3)20-14(2)9-16(11-23)21-17-7-5-6-8-19(17)25-22(20)21/h3*6-12H,1-3,5H3;2*5-10,12H,1-4H3/q5*+1. The monoisotopic (exact) mass is 1640 g/mol. The summed E-state index contributed by atoms with van der Waals surface area (Å²) in [6.07, 6.45) is 10.7. The number of fused-ring (bicyclic) bond motifs is 15. The third-order valence-corrected chi connectivity index (χ3v) is 24.9. The van der Waals surface area contributed by atoms with Crippen molar-refractivity contribution in [1.29, 1.82) is 10.5 Å². The fourth-order valence-corrected chi connectivity index (χ4v) is 17.5. The van der Waals surface area contributed by atoms with Gasteiger partial charge in [-0.15, -0.1) is 0 Å². The van der Waals surface area contributed by atoms with Gasteiger partial charge in [-0.1, -0.05) is 109 Å². The first-order valence-corrected chi connectivity index (χ1v) is 41.6. The van der Waals surface area contributed by atoms with E-state index in [1.54, 1.807) is 12.1 Å². The van der Waals surface area contributed by atoms with E-state index in [0.29, 0.717) is 33.8 Å². The average Bonchev–Trinajstić information content (AvgIpc) is 1.64. The Morgan fingerprint density at radius 2 is 0.600 bits per heavy atom. The fraction of sp³-hybridized carbons (Fsp3) is 0.182. The summed E-state index contributed by atoms with van der Waals surface area (Å²) >= 11 is 0. The van der Waals surface area contributed by atoms with Gasteiger partial charge in [0.05, 0.1) is 70.8 Å². The van der Waals surface area contributed by atoms with Crippen LogP contribution in [0.25, 0.3) is 181 Å². The molecule has 0 aliphatic rings. The van der Waals surface area contributed by atoms with Crippen LogP contribution in [0.4, 0.5) is 17.1 Å². The van der Waals surface area contributed by atoms with Crippen LogP contribution in [-0.2, 0) is 35.2 Å². The van der Waals surface area contributed by atoms with E-state index in [1.807, 2.05) is 105 Å². The van der Waals surface area contributed by atoms with Crippen LogP contribution in [0.3, 0.4) is 0 Å². The number of pyridine rings is 5. The zero-order chi connectivity index (χ0) is 88.6. The van der Waals surface area contributed by atoms with Crippen molar-refractivity contribution in [2.45, 2.75) is 104 Å². The highest BCUT2D eigenvalue weighted by Gasteiger charge is 2.30. The molecule has 0 aliphatic carbocycles. The second-order valence-electron chi connectivity index (χ2n) is 33.3. The number of rotatable bonds is 5. The van der Waals surface area contributed by atoms with Crippen LogP contribution >= 0.6 is 0 Å². The van der Waals surface area contributed by atoms with E-state index in [2.05, 4.69) is 284 Å². The summed E-state index contributed by atoms with van der Waals surface area (Å²) in [5.74, 6) is 0. The number of para-hydroxylation sites is 2. The lowest BCUT2D eigenvalue weighted by Crippen LogP contribution is -2.31. The summed E-state index contributed by atoms with van der Waals surface area (Å²) in [5, 5.41) is 29.1. The number of nitrogens with zero attached hydrogens (tertiary/aromatic N) is 10. The molecule has 10 aromatic carbocycles. The lowest BCUT2D eigenvalue weighted by atomic mass is 9.95. The molecule has 15 heteroatoms. The Kier molecular flexibility index (Phi) is 22.0. The second kappa shape index (κ2) is 33.1. The minimum Gasteiger partial charge on any atom is -0.466 e. The Morgan fingerprint density at radius 3 is 1.07 bits per heavy atom. The van der Waals surface area contributed by atoms with Gasteiger partial charge >= 0.3 is 0 Å². The highest BCUT2D eigenvalue weighted by atomic mass is 16.3. The second-order valence-corrected chi connectivity index (χ2v) is 33.3. The molecule has 15 nitrogen and oxygen atoms in total. The summed E-state index contributed by atoms with van der Waals surface area (Å²) in [6, 6.07) is 65.0. The number of furan rings is 5. The van der Waals surface area contributed by atoms with E-state index in [4.69, 9.17) is 41.8 Å². The van der Waals surface area contributed by atoms with E-state index in [-0.39, 0.29) is 0 Å². The third-order valence-electron chi connectivity index (χ3n) is 24.9. The molecule has 10 heterocycles. The molecule has 0 bridgehead atoms. The zero-order valence-corrected chi connectivity index (χ0v) is 74.2. The van der Waals surface area contributed by atoms with Gasteiger partial charge in [-0.05, 0) is 202 Å². The molecular weight excluding hydrogens is 1540 g/mol. The maximum Gasteiger partial charge on any atom is 0.229 e. The quantitative estimate of drug-likeness (QED) is 0.123. The number of benzene rings is 10. The smallest absolute Gasteiger partial charge is 0.229 e. The van der Waals surface area contributed by atoms with Gasteiger partial charge in [0.1, 0.15) is 85.5 Å². The molecule has 0 spiro atoms. The molecule has 20 rings (SSSR count).